The maximum absolute atomic E-state index is 13.0. The molecule has 1 fully saturated rings. The molecule has 156 valence electrons. The molecular formula is C22H28N2O4S. The number of aryl methyl sites for hydroxylation is 1. The van der Waals surface area contributed by atoms with Crippen molar-refractivity contribution < 1.29 is 17.9 Å². The number of nitrogens with one attached hydrogen (secondary N) is 2. The van der Waals surface area contributed by atoms with Gasteiger partial charge in [0.25, 0.3) is 15.9 Å². The van der Waals surface area contributed by atoms with Crippen molar-refractivity contribution in [1.29, 1.82) is 0 Å². The van der Waals surface area contributed by atoms with E-state index in [4.69, 9.17) is 4.74 Å². The Morgan fingerprint density at radius 2 is 1.76 bits per heavy atom. The number of anilines is 1. The smallest absolute Gasteiger partial charge is 0.265 e. The summed E-state index contributed by atoms with van der Waals surface area (Å²) < 4.78 is 33.7. The largest absolute Gasteiger partial charge is 0.495 e. The highest BCUT2D eigenvalue weighted by Crippen LogP contribution is 2.28. The van der Waals surface area contributed by atoms with Crippen LogP contribution in [-0.4, -0.2) is 27.5 Å². The van der Waals surface area contributed by atoms with Crippen LogP contribution in [0.5, 0.6) is 5.75 Å². The number of methoxy groups -OCH3 is 1. The fourth-order valence-electron chi connectivity index (χ4n) is 3.64. The SMILES string of the molecule is COc1ccc(C(=O)N[C@@H]2CCCC[C@@H]2C)cc1S(=O)(=O)Nc1ccc(C)cc1. The number of ether oxygens (including phenoxy) is 1. The third-order valence-electron chi connectivity index (χ3n) is 5.45. The van der Waals surface area contributed by atoms with Crippen molar-refractivity contribution in [3.63, 3.8) is 0 Å². The molecule has 2 N–H and O–H groups in total. The van der Waals surface area contributed by atoms with E-state index in [1.807, 2.05) is 19.1 Å². The second kappa shape index (κ2) is 8.86. The van der Waals surface area contributed by atoms with Gasteiger partial charge in [-0.3, -0.25) is 9.52 Å². The molecule has 0 saturated heterocycles. The molecule has 0 spiro atoms. The van der Waals surface area contributed by atoms with Gasteiger partial charge in [0.2, 0.25) is 0 Å². The minimum absolute atomic E-state index is 0.0649. The fraction of sp³-hybridized carbons (Fsp3) is 0.409. The second-order valence-corrected chi connectivity index (χ2v) is 9.33. The first kappa shape index (κ1) is 21.2. The second-order valence-electron chi connectivity index (χ2n) is 7.68. The number of carbonyl (C=O) groups is 1. The number of rotatable bonds is 6. The van der Waals surface area contributed by atoms with Gasteiger partial charge in [0, 0.05) is 17.3 Å². The third kappa shape index (κ3) is 5.09. The van der Waals surface area contributed by atoms with E-state index in [9.17, 15) is 13.2 Å². The van der Waals surface area contributed by atoms with E-state index in [0.29, 0.717) is 17.2 Å². The first-order valence-corrected chi connectivity index (χ1v) is 11.4. The van der Waals surface area contributed by atoms with E-state index in [2.05, 4.69) is 17.0 Å². The van der Waals surface area contributed by atoms with Crippen molar-refractivity contribution in [1.82, 2.24) is 5.32 Å². The van der Waals surface area contributed by atoms with Crippen LogP contribution in [0, 0.1) is 12.8 Å². The Morgan fingerprint density at radius 1 is 1.07 bits per heavy atom. The lowest BCUT2D eigenvalue weighted by molar-refractivity contribution is 0.0910. The highest BCUT2D eigenvalue weighted by atomic mass is 32.2. The van der Waals surface area contributed by atoms with Crippen molar-refractivity contribution in [2.45, 2.75) is 50.5 Å². The molecule has 0 radical (unpaired) electrons. The summed E-state index contributed by atoms with van der Waals surface area (Å²) in [6, 6.07) is 11.6. The molecule has 2 aromatic rings. The van der Waals surface area contributed by atoms with Crippen molar-refractivity contribution in [3.05, 3.63) is 53.6 Å². The molecule has 6 nitrogen and oxygen atoms in total. The number of benzene rings is 2. The maximum atomic E-state index is 13.0. The van der Waals surface area contributed by atoms with E-state index in [1.165, 1.54) is 25.7 Å². The quantitative estimate of drug-likeness (QED) is 0.742. The molecule has 1 aliphatic carbocycles. The molecular weight excluding hydrogens is 388 g/mol. The minimum Gasteiger partial charge on any atom is -0.495 e. The normalized spacial score (nSPS) is 19.4. The molecule has 0 unspecified atom stereocenters. The summed E-state index contributed by atoms with van der Waals surface area (Å²) in [7, 11) is -2.52. The van der Waals surface area contributed by atoms with Gasteiger partial charge in [0.05, 0.1) is 7.11 Å². The number of carbonyl (C=O) groups excluding carboxylic acids is 1. The highest BCUT2D eigenvalue weighted by molar-refractivity contribution is 7.92. The van der Waals surface area contributed by atoms with Crippen LogP contribution in [0.1, 0.15) is 48.5 Å². The third-order valence-corrected chi connectivity index (χ3v) is 6.85. The molecule has 0 aromatic heterocycles. The van der Waals surface area contributed by atoms with Crippen LogP contribution in [0.4, 0.5) is 5.69 Å². The van der Waals surface area contributed by atoms with E-state index in [-0.39, 0.29) is 22.6 Å². The predicted octanol–water partition coefficient (Wildman–Crippen LogP) is 4.11. The van der Waals surface area contributed by atoms with Gasteiger partial charge in [0.15, 0.2) is 0 Å². The van der Waals surface area contributed by atoms with E-state index >= 15 is 0 Å². The monoisotopic (exact) mass is 416 g/mol. The predicted molar refractivity (Wildman–Crippen MR) is 114 cm³/mol. The Hall–Kier alpha value is -2.54. The first-order chi connectivity index (χ1) is 13.8. The maximum Gasteiger partial charge on any atom is 0.265 e. The van der Waals surface area contributed by atoms with Crippen molar-refractivity contribution in [2.24, 2.45) is 5.92 Å². The van der Waals surface area contributed by atoms with Gasteiger partial charge in [-0.05, 0) is 56.0 Å². The molecule has 7 heteroatoms. The molecule has 2 aromatic carbocycles. The van der Waals surface area contributed by atoms with Crippen molar-refractivity contribution in [3.8, 4) is 5.75 Å². The summed E-state index contributed by atoms with van der Waals surface area (Å²) in [5.74, 6) is 0.336. The van der Waals surface area contributed by atoms with Crippen LogP contribution >= 0.6 is 0 Å². The zero-order chi connectivity index (χ0) is 21.0. The molecule has 0 bridgehead atoms. The van der Waals surface area contributed by atoms with E-state index < -0.39 is 10.0 Å². The summed E-state index contributed by atoms with van der Waals surface area (Å²) in [5.41, 5.74) is 1.78. The van der Waals surface area contributed by atoms with Crippen LogP contribution in [0.3, 0.4) is 0 Å². The number of hydrogen-bond donors (Lipinski definition) is 2. The lowest BCUT2D eigenvalue weighted by Crippen LogP contribution is -2.41. The summed E-state index contributed by atoms with van der Waals surface area (Å²) in [4.78, 5) is 12.7. The minimum atomic E-state index is -3.92. The Morgan fingerprint density at radius 3 is 2.41 bits per heavy atom. The summed E-state index contributed by atoms with van der Waals surface area (Å²) in [5, 5.41) is 3.06. The molecule has 0 aliphatic heterocycles. The van der Waals surface area contributed by atoms with Gasteiger partial charge in [0.1, 0.15) is 10.6 Å². The van der Waals surface area contributed by atoms with Crippen LogP contribution in [0.25, 0.3) is 0 Å². The zero-order valence-electron chi connectivity index (χ0n) is 17.1. The first-order valence-electron chi connectivity index (χ1n) is 9.88. The van der Waals surface area contributed by atoms with Crippen LogP contribution in [0.2, 0.25) is 0 Å². The number of amides is 1. The van der Waals surface area contributed by atoms with E-state index in [1.54, 1.807) is 18.2 Å². The number of sulfonamides is 1. The Kier molecular flexibility index (Phi) is 6.47. The Labute approximate surface area is 172 Å². The Balaban J connectivity index is 1.86. The summed E-state index contributed by atoms with van der Waals surface area (Å²) in [6.07, 6.45) is 4.32. The van der Waals surface area contributed by atoms with E-state index in [0.717, 1.165) is 24.8 Å². The lowest BCUT2D eigenvalue weighted by atomic mass is 9.86. The molecule has 0 heterocycles. The fourth-order valence-corrected chi connectivity index (χ4v) is 4.90. The van der Waals surface area contributed by atoms with Gasteiger partial charge in [-0.2, -0.15) is 0 Å². The van der Waals surface area contributed by atoms with Crippen LogP contribution in [-0.2, 0) is 10.0 Å². The standard InChI is InChI=1S/C22H28N2O4S/c1-15-8-11-18(12-9-15)24-29(26,27)21-14-17(10-13-20(21)28-3)22(25)23-19-7-5-4-6-16(19)2/h8-14,16,19,24H,4-7H2,1-3H3,(H,23,25)/t16-,19+/m0/s1. The molecule has 1 amide bonds. The topological polar surface area (TPSA) is 84.5 Å². The van der Waals surface area contributed by atoms with Gasteiger partial charge in [-0.25, -0.2) is 8.42 Å². The van der Waals surface area contributed by atoms with Gasteiger partial charge < -0.3 is 10.1 Å². The molecule has 29 heavy (non-hydrogen) atoms. The molecule has 1 aliphatic rings. The highest BCUT2D eigenvalue weighted by Gasteiger charge is 2.25. The average molecular weight is 417 g/mol. The van der Waals surface area contributed by atoms with Crippen LogP contribution in [0.15, 0.2) is 47.4 Å². The van der Waals surface area contributed by atoms with Crippen molar-refractivity contribution >= 4 is 21.6 Å². The molecule has 2 atom stereocenters. The summed E-state index contributed by atoms with van der Waals surface area (Å²) in [6.45, 7) is 4.07. The lowest BCUT2D eigenvalue weighted by Gasteiger charge is -2.29. The zero-order valence-corrected chi connectivity index (χ0v) is 17.9. The van der Waals surface area contributed by atoms with Gasteiger partial charge >= 0.3 is 0 Å². The van der Waals surface area contributed by atoms with Crippen LogP contribution < -0.4 is 14.8 Å². The molecule has 1 saturated carbocycles. The van der Waals surface area contributed by atoms with Crippen molar-refractivity contribution in [2.75, 3.05) is 11.8 Å². The number of hydrogen-bond acceptors (Lipinski definition) is 4. The Bertz CT molecular complexity index is 971. The molecule has 3 rings (SSSR count). The average Bonchev–Trinajstić information content (AvgIpc) is 2.70. The van der Waals surface area contributed by atoms with Gasteiger partial charge in [-0.1, -0.05) is 37.5 Å². The van der Waals surface area contributed by atoms with Gasteiger partial charge in [-0.15, -0.1) is 0 Å². The summed E-state index contributed by atoms with van der Waals surface area (Å²) >= 11 is 0.